The van der Waals surface area contributed by atoms with E-state index in [9.17, 15) is 10.1 Å². The van der Waals surface area contributed by atoms with E-state index in [0.717, 1.165) is 18.4 Å². The third-order valence-electron chi connectivity index (χ3n) is 7.31. The summed E-state index contributed by atoms with van der Waals surface area (Å²) in [6.45, 7) is 1.31. The fourth-order valence-electron chi connectivity index (χ4n) is 5.78. The third-order valence-corrected chi connectivity index (χ3v) is 7.31. The van der Waals surface area contributed by atoms with E-state index in [1.54, 1.807) is 0 Å². The highest BCUT2D eigenvalue weighted by Crippen LogP contribution is 2.44. The molecule has 5 heteroatoms. The quantitative estimate of drug-likeness (QED) is 0.484. The van der Waals surface area contributed by atoms with E-state index >= 15 is 0 Å². The predicted octanol–water partition coefficient (Wildman–Crippen LogP) is 5.45. The van der Waals surface area contributed by atoms with Gasteiger partial charge in [0.1, 0.15) is 6.61 Å². The van der Waals surface area contributed by atoms with E-state index in [4.69, 9.17) is 9.47 Å². The van der Waals surface area contributed by atoms with Crippen LogP contribution in [-0.4, -0.2) is 42.9 Å². The van der Waals surface area contributed by atoms with Crippen molar-refractivity contribution in [2.75, 3.05) is 19.8 Å². The number of morpholine rings is 1. The Hall–Kier alpha value is -3.88. The van der Waals surface area contributed by atoms with Crippen molar-refractivity contribution < 1.29 is 14.3 Å². The summed E-state index contributed by atoms with van der Waals surface area (Å²) in [4.78, 5) is 15.2. The molecule has 5 nitrogen and oxygen atoms in total. The lowest BCUT2D eigenvalue weighted by molar-refractivity contribution is -0.0363. The number of carbonyl (C=O) groups is 1. The fraction of sp³-hybridized carbons (Fsp3) is 0.267. The number of hydrogen-bond donors (Lipinski definition) is 0. The number of amides is 1. The van der Waals surface area contributed by atoms with Crippen molar-refractivity contribution >= 4 is 6.09 Å². The zero-order valence-corrected chi connectivity index (χ0v) is 19.4. The number of fused-ring (bicyclic) bond motifs is 5. The van der Waals surface area contributed by atoms with Gasteiger partial charge in [-0.25, -0.2) is 4.79 Å². The van der Waals surface area contributed by atoms with Crippen molar-refractivity contribution in [3.63, 3.8) is 0 Å². The van der Waals surface area contributed by atoms with Crippen LogP contribution in [0.4, 0.5) is 4.79 Å². The molecule has 2 unspecified atom stereocenters. The van der Waals surface area contributed by atoms with Crippen LogP contribution in [0.15, 0.2) is 84.4 Å². The zero-order chi connectivity index (χ0) is 23.8. The van der Waals surface area contributed by atoms with Crippen LogP contribution >= 0.6 is 0 Å². The first-order valence-corrected chi connectivity index (χ1v) is 12.1. The van der Waals surface area contributed by atoms with E-state index in [1.807, 2.05) is 41.3 Å². The summed E-state index contributed by atoms with van der Waals surface area (Å²) < 4.78 is 11.8. The second-order valence-corrected chi connectivity index (χ2v) is 9.49. The molecule has 3 aromatic carbocycles. The molecule has 2 atom stereocenters. The summed E-state index contributed by atoms with van der Waals surface area (Å²) in [7, 11) is 0. The van der Waals surface area contributed by atoms with E-state index < -0.39 is 0 Å². The first-order valence-electron chi connectivity index (χ1n) is 12.1. The molecule has 0 aromatic heterocycles. The lowest BCUT2D eigenvalue weighted by Gasteiger charge is -2.44. The van der Waals surface area contributed by atoms with Crippen LogP contribution in [0.1, 0.15) is 34.6 Å². The number of hydrogen-bond acceptors (Lipinski definition) is 4. The van der Waals surface area contributed by atoms with Crippen LogP contribution in [-0.2, 0) is 15.9 Å². The molecular formula is C30H26N2O3. The van der Waals surface area contributed by atoms with Gasteiger partial charge in [-0.3, -0.25) is 4.90 Å². The molecule has 6 rings (SSSR count). The standard InChI is InChI=1S/C30H26N2O3/c31-16-21-7-5-6-20(12-21)13-22-14-23-17-34-18-24(15-22)32(23)30(33)35-19-29-27-10-3-1-8-25(27)26-9-2-4-11-28(26)29/h1-12,14,23-24,29H,13,15,17-19H2. The third kappa shape index (κ3) is 4.00. The van der Waals surface area contributed by atoms with Crippen molar-refractivity contribution in [3.05, 3.63) is 107 Å². The molecule has 2 aliphatic heterocycles. The number of nitrogens with zero attached hydrogens (tertiary/aromatic N) is 2. The van der Waals surface area contributed by atoms with Crippen molar-refractivity contribution in [1.29, 1.82) is 5.26 Å². The van der Waals surface area contributed by atoms with Crippen LogP contribution in [0.3, 0.4) is 0 Å². The molecule has 0 radical (unpaired) electrons. The SMILES string of the molecule is N#Cc1cccc(CC2=CC3COCC(C2)N3C(=O)OCC2c3ccccc3-c3ccccc32)c1. The van der Waals surface area contributed by atoms with Crippen LogP contribution in [0.25, 0.3) is 11.1 Å². The van der Waals surface area contributed by atoms with Gasteiger partial charge in [-0.05, 0) is 52.8 Å². The molecule has 174 valence electrons. The van der Waals surface area contributed by atoms with Crippen LogP contribution in [0.2, 0.25) is 0 Å². The number of benzene rings is 3. The normalized spacial score (nSPS) is 20.4. The van der Waals surface area contributed by atoms with Crippen molar-refractivity contribution in [2.45, 2.75) is 30.8 Å². The molecular weight excluding hydrogens is 436 g/mol. The maximum atomic E-state index is 13.3. The Balaban J connectivity index is 1.18. The number of carbonyl (C=O) groups excluding carboxylic acids is 1. The molecule has 0 saturated carbocycles. The Labute approximate surface area is 205 Å². The molecule has 0 spiro atoms. The number of rotatable bonds is 4. The van der Waals surface area contributed by atoms with Gasteiger partial charge in [0.2, 0.25) is 0 Å². The van der Waals surface area contributed by atoms with E-state index in [-0.39, 0.29) is 24.1 Å². The average Bonchev–Trinajstić information content (AvgIpc) is 3.20. The molecule has 1 saturated heterocycles. The molecule has 1 fully saturated rings. The summed E-state index contributed by atoms with van der Waals surface area (Å²) in [5, 5.41) is 9.19. The topological polar surface area (TPSA) is 62.6 Å². The number of ether oxygens (including phenoxy) is 2. The minimum atomic E-state index is -0.271. The molecule has 1 aliphatic carbocycles. The Morgan fingerprint density at radius 2 is 1.74 bits per heavy atom. The van der Waals surface area contributed by atoms with Crippen molar-refractivity contribution in [3.8, 4) is 17.2 Å². The summed E-state index contributed by atoms with van der Waals surface area (Å²) in [5.74, 6) is 0.0470. The predicted molar refractivity (Wildman–Crippen MR) is 133 cm³/mol. The molecule has 3 aliphatic rings. The van der Waals surface area contributed by atoms with Gasteiger partial charge in [0.05, 0.1) is 36.9 Å². The molecule has 2 heterocycles. The lowest BCUT2D eigenvalue weighted by Crippen LogP contribution is -2.56. The highest BCUT2D eigenvalue weighted by Gasteiger charge is 2.39. The van der Waals surface area contributed by atoms with E-state index in [2.05, 4.69) is 48.5 Å². The zero-order valence-electron chi connectivity index (χ0n) is 19.4. The maximum Gasteiger partial charge on any atom is 0.410 e. The van der Waals surface area contributed by atoms with Crippen molar-refractivity contribution in [1.82, 2.24) is 4.90 Å². The van der Waals surface area contributed by atoms with Crippen LogP contribution in [0, 0.1) is 11.3 Å². The second kappa shape index (κ2) is 9.05. The van der Waals surface area contributed by atoms with Gasteiger partial charge in [0.15, 0.2) is 0 Å². The minimum Gasteiger partial charge on any atom is -0.448 e. The van der Waals surface area contributed by atoms with Crippen LogP contribution in [0.5, 0.6) is 0 Å². The van der Waals surface area contributed by atoms with Gasteiger partial charge in [0.25, 0.3) is 0 Å². The minimum absolute atomic E-state index is 0.0384. The summed E-state index contributed by atoms with van der Waals surface area (Å²) in [5.41, 5.74) is 7.93. The lowest BCUT2D eigenvalue weighted by atomic mass is 9.90. The Bertz CT molecular complexity index is 1310. The molecule has 3 aromatic rings. The van der Waals surface area contributed by atoms with Gasteiger partial charge in [-0.1, -0.05) is 72.3 Å². The van der Waals surface area contributed by atoms with Crippen molar-refractivity contribution in [2.24, 2.45) is 0 Å². The smallest absolute Gasteiger partial charge is 0.410 e. The molecule has 0 N–H and O–H groups in total. The second-order valence-electron chi connectivity index (χ2n) is 9.49. The maximum absolute atomic E-state index is 13.3. The van der Waals surface area contributed by atoms with E-state index in [0.29, 0.717) is 25.4 Å². The van der Waals surface area contributed by atoms with Gasteiger partial charge in [-0.2, -0.15) is 5.26 Å². The average molecular weight is 463 g/mol. The summed E-state index contributed by atoms with van der Waals surface area (Å²) in [6.07, 6.45) is 3.40. The highest BCUT2D eigenvalue weighted by atomic mass is 16.6. The number of nitriles is 1. The first kappa shape index (κ1) is 21.6. The first-order chi connectivity index (χ1) is 17.2. The van der Waals surface area contributed by atoms with Gasteiger partial charge < -0.3 is 9.47 Å². The molecule has 1 amide bonds. The fourth-order valence-corrected chi connectivity index (χ4v) is 5.78. The monoisotopic (exact) mass is 462 g/mol. The Morgan fingerprint density at radius 1 is 1.00 bits per heavy atom. The van der Waals surface area contributed by atoms with Crippen LogP contribution < -0.4 is 0 Å². The Morgan fingerprint density at radius 3 is 2.46 bits per heavy atom. The van der Waals surface area contributed by atoms with Gasteiger partial charge in [0, 0.05) is 5.92 Å². The summed E-state index contributed by atoms with van der Waals surface area (Å²) >= 11 is 0. The van der Waals surface area contributed by atoms with Gasteiger partial charge >= 0.3 is 6.09 Å². The highest BCUT2D eigenvalue weighted by molar-refractivity contribution is 5.79. The largest absolute Gasteiger partial charge is 0.448 e. The Kier molecular flexibility index (Phi) is 5.60. The van der Waals surface area contributed by atoms with Gasteiger partial charge in [-0.15, -0.1) is 0 Å². The molecule has 35 heavy (non-hydrogen) atoms. The summed E-state index contributed by atoms with van der Waals surface area (Å²) in [6, 6.07) is 26.5. The van der Waals surface area contributed by atoms with E-state index in [1.165, 1.54) is 27.8 Å². The molecule has 2 bridgehead atoms.